The Labute approximate surface area is 118 Å². The molecule has 1 aromatic rings. The number of carbonyl (C=O) groups is 1. The predicted octanol–water partition coefficient (Wildman–Crippen LogP) is 2.40. The fraction of sp³-hybridized carbons (Fsp3) is 0.714. The number of fused-ring (bicyclic) bond motifs is 1. The molecule has 0 bridgehead atoms. The number of piperidine rings is 1. The molecule has 104 valence electrons. The minimum atomic E-state index is 0.118. The second kappa shape index (κ2) is 5.59. The Morgan fingerprint density at radius 2 is 2.16 bits per heavy atom. The molecular formula is C14H21N3OS. The minimum Gasteiger partial charge on any atom is -0.334 e. The van der Waals surface area contributed by atoms with Crippen LogP contribution in [-0.2, 0) is 6.54 Å². The van der Waals surface area contributed by atoms with Crippen molar-refractivity contribution >= 4 is 17.2 Å². The van der Waals surface area contributed by atoms with Gasteiger partial charge in [0.15, 0.2) is 0 Å². The van der Waals surface area contributed by atoms with Gasteiger partial charge in [0.1, 0.15) is 10.7 Å². The number of thiazole rings is 1. The minimum absolute atomic E-state index is 0.118. The number of carbonyl (C=O) groups excluding carboxylic acids is 1. The molecule has 2 aliphatic rings. The molecule has 2 atom stereocenters. The van der Waals surface area contributed by atoms with Crippen molar-refractivity contribution in [1.29, 1.82) is 0 Å². The second-order valence-corrected chi connectivity index (χ2v) is 6.53. The van der Waals surface area contributed by atoms with Crippen LogP contribution in [0.4, 0.5) is 0 Å². The number of amides is 1. The summed E-state index contributed by atoms with van der Waals surface area (Å²) < 4.78 is 0. The van der Waals surface area contributed by atoms with Crippen molar-refractivity contribution in [3.8, 4) is 0 Å². The number of nitrogens with two attached hydrogens (primary N) is 1. The molecule has 2 N–H and O–H groups in total. The molecule has 2 heterocycles. The van der Waals surface area contributed by atoms with Gasteiger partial charge in [-0.15, -0.1) is 11.3 Å². The van der Waals surface area contributed by atoms with E-state index < -0.39 is 0 Å². The average Bonchev–Trinajstić information content (AvgIpc) is 2.95. The van der Waals surface area contributed by atoms with E-state index in [1.165, 1.54) is 43.4 Å². The average molecular weight is 279 g/mol. The van der Waals surface area contributed by atoms with E-state index in [-0.39, 0.29) is 5.91 Å². The Kier molecular flexibility index (Phi) is 3.84. The van der Waals surface area contributed by atoms with E-state index in [9.17, 15) is 4.79 Å². The van der Waals surface area contributed by atoms with Crippen LogP contribution in [-0.4, -0.2) is 28.4 Å². The number of aromatic nitrogens is 1. The summed E-state index contributed by atoms with van der Waals surface area (Å²) in [6.07, 6.45) is 7.48. The molecule has 1 amide bonds. The third-order valence-corrected chi connectivity index (χ3v) is 5.32. The number of rotatable bonds is 2. The summed E-state index contributed by atoms with van der Waals surface area (Å²) in [4.78, 5) is 19.0. The molecule has 4 nitrogen and oxygen atoms in total. The summed E-state index contributed by atoms with van der Waals surface area (Å²) in [5.74, 6) is 0.839. The van der Waals surface area contributed by atoms with Crippen LogP contribution in [0.25, 0.3) is 0 Å². The molecule has 1 saturated carbocycles. The van der Waals surface area contributed by atoms with Crippen molar-refractivity contribution in [2.45, 2.75) is 51.1 Å². The largest absolute Gasteiger partial charge is 0.334 e. The van der Waals surface area contributed by atoms with Crippen molar-refractivity contribution in [3.05, 3.63) is 16.1 Å². The van der Waals surface area contributed by atoms with Crippen LogP contribution in [0.15, 0.2) is 5.38 Å². The van der Waals surface area contributed by atoms with Crippen LogP contribution < -0.4 is 5.73 Å². The fourth-order valence-corrected chi connectivity index (χ4v) is 4.18. The summed E-state index contributed by atoms with van der Waals surface area (Å²) in [5, 5.41) is 2.71. The summed E-state index contributed by atoms with van der Waals surface area (Å²) in [6.45, 7) is 1.32. The highest BCUT2D eigenvalue weighted by atomic mass is 32.1. The third kappa shape index (κ3) is 2.54. The zero-order chi connectivity index (χ0) is 13.2. The molecule has 2 fully saturated rings. The van der Waals surface area contributed by atoms with Crippen molar-refractivity contribution in [2.24, 2.45) is 11.7 Å². The molecule has 0 aromatic carbocycles. The number of hydrogen-bond donors (Lipinski definition) is 1. The Bertz CT molecular complexity index is 457. The molecule has 2 unspecified atom stereocenters. The molecule has 19 heavy (non-hydrogen) atoms. The summed E-state index contributed by atoms with van der Waals surface area (Å²) in [5.41, 5.74) is 6.17. The van der Waals surface area contributed by atoms with Crippen molar-refractivity contribution in [2.75, 3.05) is 6.54 Å². The zero-order valence-corrected chi connectivity index (χ0v) is 12.0. The number of nitrogens with zero attached hydrogens (tertiary/aromatic N) is 2. The van der Waals surface area contributed by atoms with Gasteiger partial charge in [-0.05, 0) is 31.6 Å². The standard InChI is InChI=1S/C14H21N3OS/c15-8-13-16-11(9-19-13)14(18)17-7-3-5-10-4-1-2-6-12(10)17/h9-10,12H,1-8,15H2. The van der Waals surface area contributed by atoms with Gasteiger partial charge in [-0.25, -0.2) is 4.98 Å². The predicted molar refractivity (Wildman–Crippen MR) is 76.0 cm³/mol. The topological polar surface area (TPSA) is 59.2 Å². The Hall–Kier alpha value is -0.940. The van der Waals surface area contributed by atoms with E-state index in [1.54, 1.807) is 0 Å². The van der Waals surface area contributed by atoms with Crippen molar-refractivity contribution in [3.63, 3.8) is 0 Å². The molecule has 5 heteroatoms. The SMILES string of the molecule is NCc1nc(C(=O)N2CCCC3CCCCC32)cs1. The van der Waals surface area contributed by atoms with E-state index in [2.05, 4.69) is 9.88 Å². The molecule has 1 aliphatic carbocycles. The highest BCUT2D eigenvalue weighted by Crippen LogP contribution is 2.35. The van der Waals surface area contributed by atoms with Gasteiger partial charge in [-0.3, -0.25) is 4.79 Å². The number of likely N-dealkylation sites (tertiary alicyclic amines) is 1. The van der Waals surface area contributed by atoms with Crippen molar-refractivity contribution in [1.82, 2.24) is 9.88 Å². The maximum atomic E-state index is 12.6. The lowest BCUT2D eigenvalue weighted by Crippen LogP contribution is -2.49. The molecule has 3 rings (SSSR count). The van der Waals surface area contributed by atoms with Gasteiger partial charge >= 0.3 is 0 Å². The molecule has 1 saturated heterocycles. The van der Waals surface area contributed by atoms with Crippen LogP contribution >= 0.6 is 11.3 Å². The van der Waals surface area contributed by atoms with Gasteiger partial charge in [-0.1, -0.05) is 12.8 Å². The highest BCUT2D eigenvalue weighted by molar-refractivity contribution is 7.09. The highest BCUT2D eigenvalue weighted by Gasteiger charge is 2.36. The maximum Gasteiger partial charge on any atom is 0.273 e. The Balaban J connectivity index is 1.77. The van der Waals surface area contributed by atoms with Crippen LogP contribution in [0.1, 0.15) is 54.0 Å². The van der Waals surface area contributed by atoms with E-state index in [4.69, 9.17) is 5.73 Å². The quantitative estimate of drug-likeness (QED) is 0.904. The summed E-state index contributed by atoms with van der Waals surface area (Å²) >= 11 is 1.49. The Morgan fingerprint density at radius 3 is 2.95 bits per heavy atom. The lowest BCUT2D eigenvalue weighted by molar-refractivity contribution is 0.0386. The third-order valence-electron chi connectivity index (χ3n) is 4.45. The second-order valence-electron chi connectivity index (χ2n) is 5.58. The first-order chi connectivity index (χ1) is 9.29. The van der Waals surface area contributed by atoms with Gasteiger partial charge in [-0.2, -0.15) is 0 Å². The normalized spacial score (nSPS) is 27.1. The first-order valence-corrected chi connectivity index (χ1v) is 8.13. The van der Waals surface area contributed by atoms with Gasteiger partial charge in [0.2, 0.25) is 0 Å². The first kappa shape index (κ1) is 13.1. The van der Waals surface area contributed by atoms with Gasteiger partial charge < -0.3 is 10.6 Å². The smallest absolute Gasteiger partial charge is 0.273 e. The van der Waals surface area contributed by atoms with E-state index >= 15 is 0 Å². The van der Waals surface area contributed by atoms with E-state index in [0.717, 1.165) is 23.9 Å². The maximum absolute atomic E-state index is 12.6. The summed E-state index contributed by atoms with van der Waals surface area (Å²) in [6, 6.07) is 0.457. The fourth-order valence-electron chi connectivity index (χ4n) is 3.53. The molecule has 0 spiro atoms. The van der Waals surface area contributed by atoms with E-state index in [1.807, 2.05) is 5.38 Å². The molecule has 1 aliphatic heterocycles. The zero-order valence-electron chi connectivity index (χ0n) is 11.2. The van der Waals surface area contributed by atoms with Crippen LogP contribution in [0.2, 0.25) is 0 Å². The lowest BCUT2D eigenvalue weighted by Gasteiger charge is -2.43. The Morgan fingerprint density at radius 1 is 1.37 bits per heavy atom. The van der Waals surface area contributed by atoms with Gasteiger partial charge in [0, 0.05) is 24.5 Å². The lowest BCUT2D eigenvalue weighted by atomic mass is 9.78. The molecular weight excluding hydrogens is 258 g/mol. The van der Waals surface area contributed by atoms with Crippen molar-refractivity contribution < 1.29 is 4.79 Å². The van der Waals surface area contributed by atoms with Crippen LogP contribution in [0.3, 0.4) is 0 Å². The van der Waals surface area contributed by atoms with Crippen LogP contribution in [0, 0.1) is 5.92 Å². The molecule has 0 radical (unpaired) electrons. The first-order valence-electron chi connectivity index (χ1n) is 7.25. The number of hydrogen-bond acceptors (Lipinski definition) is 4. The summed E-state index contributed by atoms with van der Waals surface area (Å²) in [7, 11) is 0. The molecule has 1 aromatic heterocycles. The van der Waals surface area contributed by atoms with E-state index in [0.29, 0.717) is 18.3 Å². The van der Waals surface area contributed by atoms with Gasteiger partial charge in [0.25, 0.3) is 5.91 Å². The monoisotopic (exact) mass is 279 g/mol. The van der Waals surface area contributed by atoms with Crippen LogP contribution in [0.5, 0.6) is 0 Å². The van der Waals surface area contributed by atoms with Gasteiger partial charge in [0.05, 0.1) is 0 Å².